The Morgan fingerprint density at radius 3 is 3.15 bits per heavy atom. The van der Waals surface area contributed by atoms with Crippen molar-refractivity contribution in [2.75, 3.05) is 0 Å². The van der Waals surface area contributed by atoms with E-state index in [-0.39, 0.29) is 5.54 Å². The molecule has 1 unspecified atom stereocenters. The fourth-order valence-corrected chi connectivity index (χ4v) is 1.34. The van der Waals surface area contributed by atoms with Crippen molar-refractivity contribution in [3.05, 3.63) is 29.3 Å². The van der Waals surface area contributed by atoms with Crippen LogP contribution >= 0.6 is 0 Å². The molecule has 1 aliphatic rings. The molecule has 13 heavy (non-hydrogen) atoms. The summed E-state index contributed by atoms with van der Waals surface area (Å²) in [4.78, 5) is 11.8. The van der Waals surface area contributed by atoms with Crippen molar-refractivity contribution in [3.8, 4) is 0 Å². The van der Waals surface area contributed by atoms with Gasteiger partial charge in [0.25, 0.3) is 0 Å². The fraction of sp³-hybridized carbons (Fsp3) is 0.400. The lowest BCUT2D eigenvalue weighted by molar-refractivity contribution is 0.549. The minimum atomic E-state index is -0.100. The van der Waals surface area contributed by atoms with Gasteiger partial charge in [0.05, 0.1) is 17.2 Å². The molecule has 3 heteroatoms. The first-order valence-corrected chi connectivity index (χ1v) is 4.52. The van der Waals surface area contributed by atoms with Gasteiger partial charge in [-0.2, -0.15) is 0 Å². The summed E-state index contributed by atoms with van der Waals surface area (Å²) < 4.78 is 0. The highest BCUT2D eigenvalue weighted by atomic mass is 15.0. The first kappa shape index (κ1) is 8.23. The number of imidazole rings is 1. The molecule has 0 bridgehead atoms. The molecule has 1 aromatic rings. The van der Waals surface area contributed by atoms with Crippen LogP contribution in [-0.2, 0) is 0 Å². The Kier molecular flexibility index (Phi) is 1.79. The summed E-state index contributed by atoms with van der Waals surface area (Å²) >= 11 is 0. The van der Waals surface area contributed by atoms with E-state index < -0.39 is 0 Å². The van der Waals surface area contributed by atoms with Crippen LogP contribution in [0.25, 0.3) is 6.08 Å². The molecule has 0 spiro atoms. The van der Waals surface area contributed by atoms with Crippen LogP contribution in [0.1, 0.15) is 20.3 Å². The van der Waals surface area contributed by atoms with Gasteiger partial charge in [-0.3, -0.25) is 4.99 Å². The normalized spacial score (nSPS) is 25.7. The van der Waals surface area contributed by atoms with Crippen molar-refractivity contribution in [1.29, 1.82) is 0 Å². The number of hydrogen-bond donors (Lipinski definition) is 1. The quantitative estimate of drug-likeness (QED) is 0.665. The van der Waals surface area contributed by atoms with Gasteiger partial charge in [0.1, 0.15) is 0 Å². The van der Waals surface area contributed by atoms with Crippen LogP contribution in [0.3, 0.4) is 0 Å². The maximum absolute atomic E-state index is 4.59. The van der Waals surface area contributed by atoms with Crippen molar-refractivity contribution in [3.63, 3.8) is 0 Å². The Bertz CT molecular complexity index is 441. The Balaban J connectivity index is 2.66. The van der Waals surface area contributed by atoms with Gasteiger partial charge in [-0.25, -0.2) is 4.98 Å². The summed E-state index contributed by atoms with van der Waals surface area (Å²) in [6.07, 6.45) is 8.83. The van der Waals surface area contributed by atoms with Crippen molar-refractivity contribution >= 4 is 6.08 Å². The number of H-pyrrole nitrogens is 1. The van der Waals surface area contributed by atoms with E-state index in [4.69, 9.17) is 0 Å². The predicted molar refractivity (Wildman–Crippen MR) is 51.7 cm³/mol. The van der Waals surface area contributed by atoms with Gasteiger partial charge >= 0.3 is 0 Å². The summed E-state index contributed by atoms with van der Waals surface area (Å²) in [6.45, 7) is 4.24. The van der Waals surface area contributed by atoms with Gasteiger partial charge < -0.3 is 4.98 Å². The number of nitrogens with one attached hydrogen (secondary N) is 1. The van der Waals surface area contributed by atoms with E-state index >= 15 is 0 Å². The van der Waals surface area contributed by atoms with Crippen LogP contribution in [0.15, 0.2) is 23.5 Å². The molecule has 0 fully saturated rings. The van der Waals surface area contributed by atoms with Crippen molar-refractivity contribution in [1.82, 2.24) is 9.97 Å². The van der Waals surface area contributed by atoms with Crippen LogP contribution in [0.4, 0.5) is 0 Å². The first-order chi connectivity index (χ1) is 6.23. The number of nitrogens with zero attached hydrogens (tertiary/aromatic N) is 2. The standard InChI is InChI=1S/C10H13N3/c1-3-10(2)6-4-5-8-9(13-10)12-7-11-8/h4-7H,3H2,1-2H3,(H,11,12,13). The number of fused-ring (bicyclic) bond motifs is 1. The van der Waals surface area contributed by atoms with Crippen LogP contribution in [0, 0.1) is 0 Å². The minimum absolute atomic E-state index is 0.100. The zero-order chi connectivity index (χ0) is 9.31. The molecule has 0 saturated heterocycles. The SMILES string of the molecule is CCC1(C)C=CC=c2[nH]cnc2=N1. The Hall–Kier alpha value is -1.38. The second-order valence-electron chi connectivity index (χ2n) is 3.49. The molecule has 2 rings (SSSR count). The maximum Gasteiger partial charge on any atom is 0.173 e. The highest BCUT2D eigenvalue weighted by Gasteiger charge is 2.17. The highest BCUT2D eigenvalue weighted by molar-refractivity contribution is 5.36. The number of allylic oxidation sites excluding steroid dienone is 1. The smallest absolute Gasteiger partial charge is 0.173 e. The molecule has 68 valence electrons. The topological polar surface area (TPSA) is 41.0 Å². The molecule has 1 atom stereocenters. The van der Waals surface area contributed by atoms with E-state index in [9.17, 15) is 0 Å². The Morgan fingerprint density at radius 1 is 1.54 bits per heavy atom. The van der Waals surface area contributed by atoms with Gasteiger partial charge in [0, 0.05) is 0 Å². The van der Waals surface area contributed by atoms with Crippen molar-refractivity contribution in [2.24, 2.45) is 4.99 Å². The lowest BCUT2D eigenvalue weighted by Crippen LogP contribution is -2.29. The van der Waals surface area contributed by atoms with Gasteiger partial charge in [0.15, 0.2) is 5.49 Å². The molecule has 3 nitrogen and oxygen atoms in total. The van der Waals surface area contributed by atoms with Crippen LogP contribution in [0.2, 0.25) is 0 Å². The van der Waals surface area contributed by atoms with Gasteiger partial charge in [0.2, 0.25) is 0 Å². The van der Waals surface area contributed by atoms with E-state index in [1.165, 1.54) is 0 Å². The Labute approximate surface area is 76.9 Å². The number of hydrogen-bond acceptors (Lipinski definition) is 2. The summed E-state index contributed by atoms with van der Waals surface area (Å²) in [7, 11) is 0. The lowest BCUT2D eigenvalue weighted by atomic mass is 10.00. The minimum Gasteiger partial charge on any atom is -0.343 e. The summed E-state index contributed by atoms with van der Waals surface area (Å²) in [5.41, 5.74) is 0.714. The van der Waals surface area contributed by atoms with Gasteiger partial charge in [-0.15, -0.1) is 0 Å². The van der Waals surface area contributed by atoms with Gasteiger partial charge in [-0.05, 0) is 19.4 Å². The predicted octanol–water partition coefficient (Wildman–Crippen LogP) is 0.548. The molecule has 1 N–H and O–H groups in total. The summed E-state index contributed by atoms with van der Waals surface area (Å²) in [5, 5.41) is 0.994. The molecule has 0 saturated carbocycles. The second-order valence-corrected chi connectivity index (χ2v) is 3.49. The third kappa shape index (κ3) is 1.41. The van der Waals surface area contributed by atoms with Crippen LogP contribution in [0.5, 0.6) is 0 Å². The number of rotatable bonds is 1. The molecule has 0 amide bonds. The lowest BCUT2D eigenvalue weighted by Gasteiger charge is -2.16. The Morgan fingerprint density at radius 2 is 2.38 bits per heavy atom. The zero-order valence-corrected chi connectivity index (χ0v) is 7.91. The number of aromatic nitrogens is 2. The van der Waals surface area contributed by atoms with E-state index in [1.54, 1.807) is 6.33 Å². The molecule has 0 aromatic carbocycles. The maximum atomic E-state index is 4.59. The largest absolute Gasteiger partial charge is 0.343 e. The van der Waals surface area contributed by atoms with E-state index in [0.29, 0.717) is 0 Å². The average Bonchev–Trinajstić information content (AvgIpc) is 2.47. The molecule has 1 aliphatic heterocycles. The molecule has 0 aliphatic carbocycles. The van der Waals surface area contributed by atoms with E-state index in [1.807, 2.05) is 12.2 Å². The third-order valence-electron chi connectivity index (χ3n) is 2.44. The van der Waals surface area contributed by atoms with E-state index in [2.05, 4.69) is 34.9 Å². The molecule has 1 aromatic heterocycles. The number of aromatic amines is 1. The van der Waals surface area contributed by atoms with E-state index in [0.717, 1.165) is 17.3 Å². The van der Waals surface area contributed by atoms with Crippen molar-refractivity contribution < 1.29 is 0 Å². The molecule has 0 radical (unpaired) electrons. The second kappa shape index (κ2) is 2.83. The van der Waals surface area contributed by atoms with Crippen LogP contribution < -0.4 is 10.8 Å². The highest BCUT2D eigenvalue weighted by Crippen LogP contribution is 2.16. The molecule has 2 heterocycles. The summed E-state index contributed by atoms with van der Waals surface area (Å²) in [5.74, 6) is 0. The average molecular weight is 175 g/mol. The van der Waals surface area contributed by atoms with Crippen molar-refractivity contribution in [2.45, 2.75) is 25.8 Å². The third-order valence-corrected chi connectivity index (χ3v) is 2.44. The van der Waals surface area contributed by atoms with Gasteiger partial charge in [-0.1, -0.05) is 19.1 Å². The zero-order valence-electron chi connectivity index (χ0n) is 7.91. The fourth-order valence-electron chi connectivity index (χ4n) is 1.34. The molecular weight excluding hydrogens is 162 g/mol. The first-order valence-electron chi connectivity index (χ1n) is 4.52. The monoisotopic (exact) mass is 175 g/mol. The molecular formula is C10H13N3. The van der Waals surface area contributed by atoms with Crippen LogP contribution in [-0.4, -0.2) is 15.5 Å². The summed E-state index contributed by atoms with van der Waals surface area (Å²) in [6, 6.07) is 0.